The molecule has 0 atom stereocenters. The van der Waals surface area contributed by atoms with Crippen molar-refractivity contribution < 1.29 is 4.39 Å². The SMILES string of the molecule is Fc1ccc(Cc2nnc(N3CC=C(c4cccs4)CC3)s2)cc1. The van der Waals surface area contributed by atoms with Crippen molar-refractivity contribution in [2.75, 3.05) is 18.0 Å². The Morgan fingerprint density at radius 2 is 2.00 bits per heavy atom. The molecule has 3 nitrogen and oxygen atoms in total. The molecule has 0 saturated heterocycles. The van der Waals surface area contributed by atoms with Crippen LogP contribution < -0.4 is 4.90 Å². The zero-order valence-corrected chi connectivity index (χ0v) is 14.6. The third-order valence-electron chi connectivity index (χ3n) is 4.04. The summed E-state index contributed by atoms with van der Waals surface area (Å²) < 4.78 is 13.0. The number of thiophene rings is 1. The van der Waals surface area contributed by atoms with Crippen LogP contribution in [0.2, 0.25) is 0 Å². The van der Waals surface area contributed by atoms with E-state index >= 15 is 0 Å². The monoisotopic (exact) mass is 357 g/mol. The summed E-state index contributed by atoms with van der Waals surface area (Å²) in [4.78, 5) is 3.63. The molecule has 122 valence electrons. The van der Waals surface area contributed by atoms with Gasteiger partial charge in [0.25, 0.3) is 0 Å². The second-order valence-corrected chi connectivity index (χ2v) is 7.67. The Kier molecular flexibility index (Phi) is 4.40. The Hall–Kier alpha value is -2.05. The van der Waals surface area contributed by atoms with Gasteiger partial charge in [0.05, 0.1) is 0 Å². The molecular weight excluding hydrogens is 341 g/mol. The van der Waals surface area contributed by atoms with E-state index in [0.717, 1.165) is 35.2 Å². The number of halogens is 1. The summed E-state index contributed by atoms with van der Waals surface area (Å²) in [5.41, 5.74) is 2.48. The van der Waals surface area contributed by atoms with Gasteiger partial charge in [-0.05, 0) is 41.1 Å². The molecule has 1 aliphatic rings. The molecule has 0 fully saturated rings. The molecule has 2 aromatic heterocycles. The van der Waals surface area contributed by atoms with Crippen molar-refractivity contribution in [1.29, 1.82) is 0 Å². The number of hydrogen-bond acceptors (Lipinski definition) is 5. The van der Waals surface area contributed by atoms with E-state index in [0.29, 0.717) is 6.42 Å². The Morgan fingerprint density at radius 3 is 2.71 bits per heavy atom. The number of aromatic nitrogens is 2. The van der Waals surface area contributed by atoms with Gasteiger partial charge in [0.1, 0.15) is 10.8 Å². The molecular formula is C18H16FN3S2. The van der Waals surface area contributed by atoms with Crippen molar-refractivity contribution >= 4 is 33.4 Å². The van der Waals surface area contributed by atoms with Gasteiger partial charge in [-0.3, -0.25) is 0 Å². The molecule has 1 aliphatic heterocycles. The molecule has 0 radical (unpaired) electrons. The summed E-state index contributed by atoms with van der Waals surface area (Å²) in [6, 6.07) is 10.8. The molecule has 1 aromatic carbocycles. The van der Waals surface area contributed by atoms with Crippen LogP contribution in [0.3, 0.4) is 0 Å². The summed E-state index contributed by atoms with van der Waals surface area (Å²) >= 11 is 3.41. The molecule has 6 heteroatoms. The van der Waals surface area contributed by atoms with E-state index in [-0.39, 0.29) is 5.82 Å². The Morgan fingerprint density at radius 1 is 1.12 bits per heavy atom. The van der Waals surface area contributed by atoms with Crippen molar-refractivity contribution in [1.82, 2.24) is 10.2 Å². The second-order valence-electron chi connectivity index (χ2n) is 5.68. The highest BCUT2D eigenvalue weighted by Gasteiger charge is 2.17. The molecule has 0 unspecified atom stereocenters. The van der Waals surface area contributed by atoms with Crippen LogP contribution in [-0.2, 0) is 6.42 Å². The number of benzene rings is 1. The average molecular weight is 357 g/mol. The van der Waals surface area contributed by atoms with Crippen LogP contribution in [0, 0.1) is 5.82 Å². The van der Waals surface area contributed by atoms with Gasteiger partial charge in [-0.25, -0.2) is 4.39 Å². The van der Waals surface area contributed by atoms with Crippen molar-refractivity contribution in [3.8, 4) is 0 Å². The topological polar surface area (TPSA) is 29.0 Å². The van der Waals surface area contributed by atoms with E-state index < -0.39 is 0 Å². The van der Waals surface area contributed by atoms with Crippen LogP contribution in [0.15, 0.2) is 47.9 Å². The van der Waals surface area contributed by atoms with Crippen LogP contribution in [0.4, 0.5) is 9.52 Å². The minimum Gasteiger partial charge on any atom is -0.343 e. The van der Waals surface area contributed by atoms with Gasteiger partial charge >= 0.3 is 0 Å². The van der Waals surface area contributed by atoms with Crippen molar-refractivity contribution in [3.63, 3.8) is 0 Å². The maximum absolute atomic E-state index is 13.0. The maximum atomic E-state index is 13.0. The molecule has 0 aliphatic carbocycles. The highest BCUT2D eigenvalue weighted by molar-refractivity contribution is 7.15. The highest BCUT2D eigenvalue weighted by Crippen LogP contribution is 2.30. The Balaban J connectivity index is 1.43. The third kappa shape index (κ3) is 3.39. The van der Waals surface area contributed by atoms with Crippen LogP contribution in [0.25, 0.3) is 5.57 Å². The molecule has 0 N–H and O–H groups in total. The van der Waals surface area contributed by atoms with E-state index in [1.54, 1.807) is 34.8 Å². The predicted molar refractivity (Wildman–Crippen MR) is 98.2 cm³/mol. The Labute approximate surface area is 148 Å². The van der Waals surface area contributed by atoms with Crippen LogP contribution in [0.1, 0.15) is 21.9 Å². The van der Waals surface area contributed by atoms with Gasteiger partial charge in [0.2, 0.25) is 5.13 Å². The fourth-order valence-corrected chi connectivity index (χ4v) is 4.45. The average Bonchev–Trinajstić information content (AvgIpc) is 3.29. The van der Waals surface area contributed by atoms with Gasteiger partial charge < -0.3 is 4.90 Å². The summed E-state index contributed by atoms with van der Waals surface area (Å²) in [7, 11) is 0. The summed E-state index contributed by atoms with van der Waals surface area (Å²) in [6.45, 7) is 1.84. The molecule has 0 spiro atoms. The standard InChI is InChI=1S/C18H16FN3S2/c19-15-5-3-13(4-6-15)12-17-20-21-18(24-17)22-9-7-14(8-10-22)16-2-1-11-23-16/h1-7,11H,8-10,12H2. The maximum Gasteiger partial charge on any atom is 0.208 e. The Bertz CT molecular complexity index is 838. The van der Waals surface area contributed by atoms with Crippen LogP contribution >= 0.6 is 22.7 Å². The number of anilines is 1. The van der Waals surface area contributed by atoms with Crippen molar-refractivity contribution in [2.45, 2.75) is 12.8 Å². The molecule has 24 heavy (non-hydrogen) atoms. The quantitative estimate of drug-likeness (QED) is 0.682. The molecule has 0 bridgehead atoms. The van der Waals surface area contributed by atoms with E-state index in [1.807, 2.05) is 0 Å². The van der Waals surface area contributed by atoms with Crippen molar-refractivity contribution in [3.05, 3.63) is 69.1 Å². The summed E-state index contributed by atoms with van der Waals surface area (Å²) in [6.07, 6.45) is 4.02. The first kappa shape index (κ1) is 15.5. The summed E-state index contributed by atoms with van der Waals surface area (Å²) in [5, 5.41) is 12.7. The molecule has 3 aromatic rings. The zero-order valence-electron chi connectivity index (χ0n) is 13.0. The molecule has 0 saturated carbocycles. The van der Waals surface area contributed by atoms with Gasteiger partial charge in [0, 0.05) is 24.4 Å². The second kappa shape index (κ2) is 6.83. The predicted octanol–water partition coefficient (Wildman–Crippen LogP) is 4.62. The minimum absolute atomic E-state index is 0.210. The minimum atomic E-state index is -0.210. The van der Waals surface area contributed by atoms with Gasteiger partial charge in [-0.2, -0.15) is 0 Å². The highest BCUT2D eigenvalue weighted by atomic mass is 32.1. The first-order valence-electron chi connectivity index (χ1n) is 7.82. The van der Waals surface area contributed by atoms with Gasteiger partial charge in [-0.15, -0.1) is 21.5 Å². The normalized spacial score (nSPS) is 14.7. The lowest BCUT2D eigenvalue weighted by Crippen LogP contribution is -2.27. The van der Waals surface area contributed by atoms with E-state index in [1.165, 1.54) is 22.6 Å². The van der Waals surface area contributed by atoms with E-state index in [4.69, 9.17) is 0 Å². The van der Waals surface area contributed by atoms with E-state index in [9.17, 15) is 4.39 Å². The number of nitrogens with zero attached hydrogens (tertiary/aromatic N) is 3. The summed E-state index contributed by atoms with van der Waals surface area (Å²) in [5.74, 6) is -0.210. The largest absolute Gasteiger partial charge is 0.343 e. The molecule has 0 amide bonds. The molecule has 4 rings (SSSR count). The van der Waals surface area contributed by atoms with Gasteiger partial charge in [0.15, 0.2) is 0 Å². The first-order chi connectivity index (χ1) is 11.8. The van der Waals surface area contributed by atoms with E-state index in [2.05, 4.69) is 38.7 Å². The molecule has 3 heterocycles. The lowest BCUT2D eigenvalue weighted by molar-refractivity contribution is 0.627. The van der Waals surface area contributed by atoms with Crippen LogP contribution in [0.5, 0.6) is 0 Å². The fraction of sp³-hybridized carbons (Fsp3) is 0.222. The number of hydrogen-bond donors (Lipinski definition) is 0. The lowest BCUT2D eigenvalue weighted by Gasteiger charge is -2.25. The van der Waals surface area contributed by atoms with Crippen LogP contribution in [-0.4, -0.2) is 23.3 Å². The number of rotatable bonds is 4. The van der Waals surface area contributed by atoms with Crippen molar-refractivity contribution in [2.24, 2.45) is 0 Å². The fourth-order valence-electron chi connectivity index (χ4n) is 2.75. The zero-order chi connectivity index (χ0) is 16.4. The van der Waals surface area contributed by atoms with Gasteiger partial charge in [-0.1, -0.05) is 35.6 Å². The third-order valence-corrected chi connectivity index (χ3v) is 5.97. The smallest absolute Gasteiger partial charge is 0.208 e. The first-order valence-corrected chi connectivity index (χ1v) is 9.52. The lowest BCUT2D eigenvalue weighted by atomic mass is 10.1.